The molecule has 120 valence electrons. The second-order valence-corrected chi connectivity index (χ2v) is 6.30. The lowest BCUT2D eigenvalue weighted by Gasteiger charge is -2.37. The largest absolute Gasteiger partial charge is 0.342 e. The third-order valence-electron chi connectivity index (χ3n) is 4.87. The number of likely N-dealkylation sites (N-methyl/N-ethyl adjacent to an activating group) is 1. The summed E-state index contributed by atoms with van der Waals surface area (Å²) in [4.78, 5) is 30.4. The summed E-state index contributed by atoms with van der Waals surface area (Å²) >= 11 is 0. The summed E-state index contributed by atoms with van der Waals surface area (Å²) in [5, 5.41) is 0. The maximum atomic E-state index is 12.3. The lowest BCUT2D eigenvalue weighted by Crippen LogP contribution is -2.49. The number of hydrogen-bond donors (Lipinski definition) is 0. The molecule has 2 heterocycles. The van der Waals surface area contributed by atoms with E-state index in [4.69, 9.17) is 0 Å². The Labute approximate surface area is 128 Å². The van der Waals surface area contributed by atoms with Gasteiger partial charge >= 0.3 is 6.03 Å². The van der Waals surface area contributed by atoms with Gasteiger partial charge in [-0.1, -0.05) is 20.3 Å². The average molecular weight is 295 g/mol. The van der Waals surface area contributed by atoms with E-state index in [1.54, 1.807) is 0 Å². The highest BCUT2D eigenvalue weighted by molar-refractivity contribution is 5.79. The summed E-state index contributed by atoms with van der Waals surface area (Å²) in [5.74, 6) is 0.425. The number of amides is 3. The zero-order chi connectivity index (χ0) is 15.4. The molecule has 2 fully saturated rings. The first kappa shape index (κ1) is 16.1. The van der Waals surface area contributed by atoms with Crippen LogP contribution in [0.25, 0.3) is 0 Å². The molecule has 0 bridgehead atoms. The lowest BCUT2D eigenvalue weighted by atomic mass is 9.99. The Kier molecular flexibility index (Phi) is 5.48. The molecule has 2 aliphatic heterocycles. The van der Waals surface area contributed by atoms with Crippen molar-refractivity contribution < 1.29 is 9.59 Å². The van der Waals surface area contributed by atoms with Gasteiger partial charge < -0.3 is 14.7 Å². The highest BCUT2D eigenvalue weighted by atomic mass is 16.2. The Morgan fingerprint density at radius 1 is 1.19 bits per heavy atom. The molecule has 2 rings (SSSR count). The van der Waals surface area contributed by atoms with Crippen molar-refractivity contribution in [2.75, 3.05) is 32.7 Å². The van der Waals surface area contributed by atoms with Crippen LogP contribution in [0.15, 0.2) is 0 Å². The summed E-state index contributed by atoms with van der Waals surface area (Å²) < 4.78 is 0. The fourth-order valence-electron chi connectivity index (χ4n) is 3.50. The predicted octanol–water partition coefficient (Wildman–Crippen LogP) is 2.17. The molecular formula is C16H29N3O2. The van der Waals surface area contributed by atoms with Crippen molar-refractivity contribution in [2.45, 2.75) is 52.5 Å². The third-order valence-corrected chi connectivity index (χ3v) is 4.87. The van der Waals surface area contributed by atoms with Gasteiger partial charge in [0, 0.05) is 44.7 Å². The van der Waals surface area contributed by atoms with Crippen LogP contribution in [-0.2, 0) is 4.79 Å². The minimum absolute atomic E-state index is 0.135. The van der Waals surface area contributed by atoms with Gasteiger partial charge in [-0.25, -0.2) is 4.79 Å². The third kappa shape index (κ3) is 3.50. The molecule has 0 saturated carbocycles. The van der Waals surface area contributed by atoms with Gasteiger partial charge in [-0.05, 0) is 26.2 Å². The number of likely N-dealkylation sites (tertiary alicyclic amines) is 1. The summed E-state index contributed by atoms with van der Waals surface area (Å²) in [6, 6.07) is 0.501. The van der Waals surface area contributed by atoms with Gasteiger partial charge in [0.1, 0.15) is 0 Å². The van der Waals surface area contributed by atoms with E-state index in [9.17, 15) is 9.59 Å². The van der Waals surface area contributed by atoms with Crippen LogP contribution in [0.3, 0.4) is 0 Å². The van der Waals surface area contributed by atoms with Crippen molar-refractivity contribution in [3.8, 4) is 0 Å². The highest BCUT2D eigenvalue weighted by Gasteiger charge is 2.35. The quantitative estimate of drug-likeness (QED) is 0.780. The maximum Gasteiger partial charge on any atom is 0.320 e. The van der Waals surface area contributed by atoms with Crippen molar-refractivity contribution in [2.24, 2.45) is 5.92 Å². The molecule has 2 aliphatic rings. The Morgan fingerprint density at radius 3 is 2.38 bits per heavy atom. The number of carbonyl (C=O) groups excluding carboxylic acids is 2. The number of rotatable bonds is 5. The van der Waals surface area contributed by atoms with Crippen molar-refractivity contribution in [3.63, 3.8) is 0 Å². The zero-order valence-corrected chi connectivity index (χ0v) is 13.7. The zero-order valence-electron chi connectivity index (χ0n) is 13.7. The average Bonchev–Trinajstić information content (AvgIpc) is 2.88. The van der Waals surface area contributed by atoms with Crippen molar-refractivity contribution in [1.29, 1.82) is 0 Å². The van der Waals surface area contributed by atoms with Gasteiger partial charge in [0.2, 0.25) is 5.91 Å². The Hall–Kier alpha value is -1.26. The summed E-state index contributed by atoms with van der Waals surface area (Å²) in [5.41, 5.74) is 0. The number of piperidine rings is 1. The number of carbonyl (C=O) groups is 2. The van der Waals surface area contributed by atoms with Crippen LogP contribution in [0.5, 0.6) is 0 Å². The first-order valence-corrected chi connectivity index (χ1v) is 8.42. The van der Waals surface area contributed by atoms with Gasteiger partial charge in [0.05, 0.1) is 0 Å². The van der Waals surface area contributed by atoms with Crippen LogP contribution in [0.4, 0.5) is 4.79 Å². The molecule has 0 aromatic rings. The minimum atomic E-state index is 0.135. The molecule has 0 aliphatic carbocycles. The topological polar surface area (TPSA) is 43.9 Å². The molecule has 0 aromatic carbocycles. The molecule has 0 radical (unpaired) electrons. The molecule has 1 unspecified atom stereocenters. The Bertz CT molecular complexity index is 378. The van der Waals surface area contributed by atoms with Gasteiger partial charge in [-0.15, -0.1) is 0 Å². The smallest absolute Gasteiger partial charge is 0.320 e. The van der Waals surface area contributed by atoms with E-state index in [-0.39, 0.29) is 11.9 Å². The van der Waals surface area contributed by atoms with Gasteiger partial charge in [-0.2, -0.15) is 0 Å². The molecular weight excluding hydrogens is 266 g/mol. The summed E-state index contributed by atoms with van der Waals surface area (Å²) in [6.45, 7) is 10.3. The van der Waals surface area contributed by atoms with E-state index in [0.717, 1.165) is 58.4 Å². The van der Waals surface area contributed by atoms with E-state index in [1.807, 2.05) is 28.5 Å². The van der Waals surface area contributed by atoms with E-state index in [1.165, 1.54) is 0 Å². The SMILES string of the molecule is CCCC(C)C(=O)N1CCC(N2CCN(CC)C2=O)CC1. The van der Waals surface area contributed by atoms with Crippen LogP contribution in [-0.4, -0.2) is 65.4 Å². The summed E-state index contributed by atoms with van der Waals surface area (Å²) in [7, 11) is 0. The molecule has 0 N–H and O–H groups in total. The fourth-order valence-corrected chi connectivity index (χ4v) is 3.50. The van der Waals surface area contributed by atoms with Crippen LogP contribution in [0.2, 0.25) is 0 Å². The molecule has 5 heteroatoms. The monoisotopic (exact) mass is 295 g/mol. The predicted molar refractivity (Wildman–Crippen MR) is 83.0 cm³/mol. The summed E-state index contributed by atoms with van der Waals surface area (Å²) in [6.07, 6.45) is 3.87. The number of nitrogens with zero attached hydrogens (tertiary/aromatic N) is 3. The molecule has 3 amide bonds. The van der Waals surface area contributed by atoms with E-state index in [0.29, 0.717) is 11.9 Å². The molecule has 5 nitrogen and oxygen atoms in total. The second kappa shape index (κ2) is 7.14. The van der Waals surface area contributed by atoms with Crippen LogP contribution < -0.4 is 0 Å². The second-order valence-electron chi connectivity index (χ2n) is 6.30. The maximum absolute atomic E-state index is 12.3. The van der Waals surface area contributed by atoms with E-state index < -0.39 is 0 Å². The van der Waals surface area contributed by atoms with Crippen LogP contribution >= 0.6 is 0 Å². The van der Waals surface area contributed by atoms with Crippen LogP contribution in [0, 0.1) is 5.92 Å². The number of urea groups is 1. The first-order valence-electron chi connectivity index (χ1n) is 8.42. The molecule has 21 heavy (non-hydrogen) atoms. The van der Waals surface area contributed by atoms with Crippen molar-refractivity contribution in [3.05, 3.63) is 0 Å². The van der Waals surface area contributed by atoms with Crippen molar-refractivity contribution >= 4 is 11.9 Å². The fraction of sp³-hybridized carbons (Fsp3) is 0.875. The highest BCUT2D eigenvalue weighted by Crippen LogP contribution is 2.22. The Balaban J connectivity index is 1.83. The van der Waals surface area contributed by atoms with E-state index >= 15 is 0 Å². The molecule has 2 saturated heterocycles. The van der Waals surface area contributed by atoms with Crippen LogP contribution in [0.1, 0.15) is 46.5 Å². The van der Waals surface area contributed by atoms with E-state index in [2.05, 4.69) is 6.92 Å². The normalized spacial score (nSPS) is 22.0. The van der Waals surface area contributed by atoms with Gasteiger partial charge in [0.15, 0.2) is 0 Å². The van der Waals surface area contributed by atoms with Gasteiger partial charge in [-0.3, -0.25) is 4.79 Å². The first-order chi connectivity index (χ1) is 10.1. The molecule has 0 spiro atoms. The minimum Gasteiger partial charge on any atom is -0.342 e. The Morgan fingerprint density at radius 2 is 1.86 bits per heavy atom. The number of hydrogen-bond acceptors (Lipinski definition) is 2. The molecule has 1 atom stereocenters. The standard InChI is InChI=1S/C16H29N3O2/c1-4-6-13(3)15(20)18-9-7-14(8-10-18)19-12-11-17(5-2)16(19)21/h13-14H,4-12H2,1-3H3. The van der Waals surface area contributed by atoms with Gasteiger partial charge in [0.25, 0.3) is 0 Å². The van der Waals surface area contributed by atoms with Crippen molar-refractivity contribution in [1.82, 2.24) is 14.7 Å². The lowest BCUT2D eigenvalue weighted by molar-refractivity contribution is -0.136. The molecule has 0 aromatic heterocycles.